The van der Waals surface area contributed by atoms with Crippen LogP contribution in [0.3, 0.4) is 0 Å². The van der Waals surface area contributed by atoms with Crippen molar-refractivity contribution < 1.29 is 51.4 Å². The molecule has 0 atom stereocenters. The van der Waals surface area contributed by atoms with Crippen LogP contribution in [-0.4, -0.2) is 44.9 Å². The monoisotopic (exact) mass is 517 g/mol. The zero-order valence-electron chi connectivity index (χ0n) is 23.5. The summed E-state index contributed by atoms with van der Waals surface area (Å²) in [4.78, 5) is 0. The number of unbranched alkanes of at least 4 members (excludes halogenated alkanes) is 18. The fourth-order valence-electron chi connectivity index (χ4n) is 3.73. The van der Waals surface area contributed by atoms with E-state index >= 15 is 0 Å². The Morgan fingerprint density at radius 1 is 0.588 bits per heavy atom. The van der Waals surface area contributed by atoms with E-state index in [2.05, 4.69) is 18.0 Å². The first-order chi connectivity index (χ1) is 15.6. The van der Waals surface area contributed by atoms with Gasteiger partial charge in [0.15, 0.2) is 0 Å². The Kier molecular flexibility index (Phi) is 32.8. The van der Waals surface area contributed by atoms with Crippen molar-refractivity contribution in [3.63, 3.8) is 0 Å². The van der Waals surface area contributed by atoms with Crippen LogP contribution in [-0.2, 0) is 14.6 Å². The van der Waals surface area contributed by atoms with Crippen molar-refractivity contribution in [3.8, 4) is 0 Å². The van der Waals surface area contributed by atoms with Crippen molar-refractivity contribution in [3.05, 3.63) is 5.21 Å². The van der Waals surface area contributed by atoms with Gasteiger partial charge in [-0.25, -0.2) is 8.42 Å². The van der Waals surface area contributed by atoms with Gasteiger partial charge in [-0.2, -0.15) is 0 Å². The zero-order chi connectivity index (χ0) is 25.3. The van der Waals surface area contributed by atoms with Gasteiger partial charge in [0.25, 0.3) is 0 Å². The Hall–Kier alpha value is 0.790. The minimum Gasteiger partial charge on any atom is -0.726 e. The third kappa shape index (κ3) is 42.9. The summed E-state index contributed by atoms with van der Waals surface area (Å²) in [7, 11) is -1.02. The molecule has 0 N–H and O–H groups in total. The Bertz CT molecular complexity index is 484. The molecule has 0 unspecified atom stereocenters. The predicted octanol–water partition coefficient (Wildman–Crippen LogP) is 4.87. The van der Waals surface area contributed by atoms with Gasteiger partial charge in [0.2, 0.25) is 10.4 Å². The van der Waals surface area contributed by atoms with Gasteiger partial charge in [0, 0.05) is 0 Å². The molecule has 8 heteroatoms. The first kappa shape index (κ1) is 39.3. The van der Waals surface area contributed by atoms with E-state index in [0.29, 0.717) is 6.42 Å². The van der Waals surface area contributed by atoms with Crippen molar-refractivity contribution >= 4 is 10.4 Å². The summed E-state index contributed by atoms with van der Waals surface area (Å²) < 4.78 is 34.3. The van der Waals surface area contributed by atoms with Crippen LogP contribution in [0.1, 0.15) is 142 Å². The Labute approximate surface area is 235 Å². The topological polar surface area (TPSA) is 89.5 Å². The normalized spacial score (nSPS) is 11.6. The van der Waals surface area contributed by atoms with E-state index in [1.165, 1.54) is 103 Å². The maximum absolute atomic E-state index is 11.3. The molecule has 0 spiro atoms. The van der Waals surface area contributed by atoms with Gasteiger partial charge in [-0.1, -0.05) is 123 Å². The van der Waals surface area contributed by atoms with Crippen molar-refractivity contribution in [2.24, 2.45) is 0 Å². The molecule has 0 bridgehead atoms. The molecule has 0 saturated carbocycles. The minimum atomic E-state index is -4.48. The van der Waals surface area contributed by atoms with Crippen molar-refractivity contribution in [2.45, 2.75) is 142 Å². The van der Waals surface area contributed by atoms with E-state index in [-0.39, 0.29) is 40.8 Å². The summed E-state index contributed by atoms with van der Waals surface area (Å²) in [5, 5.41) is 11.3. The Morgan fingerprint density at radius 2 is 0.882 bits per heavy atom. The molecular formula is C26H56NNaO5S. The summed E-state index contributed by atoms with van der Waals surface area (Å²) in [6.07, 6.45) is 25.1. The number of rotatable bonds is 23. The average Bonchev–Trinajstić information content (AvgIpc) is 2.72. The minimum absolute atomic E-state index is 0. The van der Waals surface area contributed by atoms with E-state index in [0.717, 1.165) is 25.8 Å². The Balaban J connectivity index is -0.000000550. The van der Waals surface area contributed by atoms with E-state index < -0.39 is 10.4 Å². The van der Waals surface area contributed by atoms with E-state index in [1.807, 2.05) is 0 Å². The summed E-state index contributed by atoms with van der Waals surface area (Å²) in [5.74, 6) is 0. The largest absolute Gasteiger partial charge is 1.00 e. The van der Waals surface area contributed by atoms with Crippen molar-refractivity contribution in [1.82, 2.24) is 0 Å². The maximum Gasteiger partial charge on any atom is 1.00 e. The second-order valence-corrected chi connectivity index (χ2v) is 10.9. The second-order valence-electron chi connectivity index (χ2n) is 9.89. The number of quaternary nitrogens is 1. The summed E-state index contributed by atoms with van der Waals surface area (Å²) in [5.41, 5.74) is 0. The molecular weight excluding hydrogens is 461 g/mol. The Morgan fingerprint density at radius 3 is 1.18 bits per heavy atom. The second kappa shape index (κ2) is 28.4. The molecule has 0 saturated heterocycles. The summed E-state index contributed by atoms with van der Waals surface area (Å²) in [6, 6.07) is 0. The van der Waals surface area contributed by atoms with Crippen LogP contribution in [0.2, 0.25) is 0 Å². The molecule has 6 nitrogen and oxygen atoms in total. The quantitative estimate of drug-likeness (QED) is 0.0482. The summed E-state index contributed by atoms with van der Waals surface area (Å²) in [6.45, 7) is 5.28. The molecule has 0 aliphatic rings. The molecule has 0 aliphatic heterocycles. The van der Waals surface area contributed by atoms with Crippen LogP contribution in [0.15, 0.2) is 0 Å². The third-order valence-corrected chi connectivity index (χ3v) is 6.23. The molecule has 0 aliphatic carbocycles. The van der Waals surface area contributed by atoms with Gasteiger partial charge in [0.05, 0.1) is 27.2 Å². The first-order valence-electron chi connectivity index (χ1n) is 13.8. The molecule has 0 amide bonds. The molecule has 202 valence electrons. The molecule has 0 fully saturated rings. The number of hydroxylamine groups is 3. The fraction of sp³-hybridized carbons (Fsp3) is 1.00. The summed E-state index contributed by atoms with van der Waals surface area (Å²) >= 11 is 0. The third-order valence-electron chi connectivity index (χ3n) is 5.78. The van der Waals surface area contributed by atoms with E-state index in [4.69, 9.17) is 0 Å². The van der Waals surface area contributed by atoms with Crippen molar-refractivity contribution in [1.29, 1.82) is 0 Å². The number of hydrogen-bond donors (Lipinski definition) is 0. The molecule has 0 heterocycles. The van der Waals surface area contributed by atoms with Gasteiger partial charge in [-0.15, -0.1) is 0 Å². The van der Waals surface area contributed by atoms with Gasteiger partial charge in [-0.3, -0.25) is 4.18 Å². The van der Waals surface area contributed by atoms with Crippen LogP contribution < -0.4 is 29.6 Å². The fourth-order valence-corrected chi connectivity index (χ4v) is 4.05. The molecule has 0 aromatic rings. The molecule has 0 aromatic heterocycles. The van der Waals surface area contributed by atoms with Crippen LogP contribution in [0.5, 0.6) is 0 Å². The van der Waals surface area contributed by atoms with E-state index in [9.17, 15) is 18.2 Å². The van der Waals surface area contributed by atoms with Crippen LogP contribution in [0.4, 0.5) is 0 Å². The number of hydrogen-bond acceptors (Lipinski definition) is 5. The SMILES string of the molecule is CCCCCCCCCCCCOS(=O)(=O)[O-].CCCCCCCCCCCC[N+](C)(C)[O-].[Na+]. The molecule has 0 aromatic carbocycles. The van der Waals surface area contributed by atoms with Crippen LogP contribution >= 0.6 is 0 Å². The molecule has 0 rings (SSSR count). The maximum atomic E-state index is 11.3. The van der Waals surface area contributed by atoms with Gasteiger partial charge in [0.1, 0.15) is 0 Å². The number of nitrogens with zero attached hydrogens (tertiary/aromatic N) is 1. The van der Waals surface area contributed by atoms with Crippen LogP contribution in [0.25, 0.3) is 0 Å². The average molecular weight is 518 g/mol. The molecule has 34 heavy (non-hydrogen) atoms. The van der Waals surface area contributed by atoms with Crippen molar-refractivity contribution in [2.75, 3.05) is 27.2 Å². The smallest absolute Gasteiger partial charge is 0.726 e. The van der Waals surface area contributed by atoms with Gasteiger partial charge >= 0.3 is 29.6 Å². The molecule has 0 radical (unpaired) electrons. The zero-order valence-corrected chi connectivity index (χ0v) is 26.3. The standard InChI is InChI=1S/C14H31NO.C12H26O4S.Na/c1-4-5-6-7-8-9-10-11-12-13-14-15(2,3)16;1-2-3-4-5-6-7-8-9-10-11-12-16-17(13,14)15;/h4-14H2,1-3H3;2-12H2,1H3,(H,13,14,15);/q;;+1/p-1. The van der Waals surface area contributed by atoms with Gasteiger partial charge in [-0.05, 0) is 19.3 Å². The van der Waals surface area contributed by atoms with Crippen LogP contribution in [0, 0.1) is 5.21 Å². The van der Waals surface area contributed by atoms with Gasteiger partial charge < -0.3 is 14.4 Å². The van der Waals surface area contributed by atoms with E-state index in [1.54, 1.807) is 14.1 Å². The predicted molar refractivity (Wildman–Crippen MR) is 140 cm³/mol. The first-order valence-corrected chi connectivity index (χ1v) is 15.1.